The Morgan fingerprint density at radius 3 is 2.35 bits per heavy atom. The molecule has 1 N–H and O–H groups in total. The molecule has 0 saturated carbocycles. The van der Waals surface area contributed by atoms with Gasteiger partial charge >= 0.3 is 6.03 Å². The van der Waals surface area contributed by atoms with Crippen LogP contribution in [0.15, 0.2) is 24.3 Å². The molecule has 2 amide bonds. The van der Waals surface area contributed by atoms with Crippen LogP contribution in [0.1, 0.15) is 31.4 Å². The first kappa shape index (κ1) is 16.5. The van der Waals surface area contributed by atoms with E-state index in [1.807, 2.05) is 6.92 Å². The molecule has 4 heteroatoms. The number of methoxy groups -OCH3 is 1. The summed E-state index contributed by atoms with van der Waals surface area (Å²) in [4.78, 5) is 13.6. The quantitative estimate of drug-likeness (QED) is 0.833. The van der Waals surface area contributed by atoms with Gasteiger partial charge in [-0.05, 0) is 24.0 Å². The number of hydrogen-bond donors (Lipinski definition) is 1. The van der Waals surface area contributed by atoms with E-state index in [4.69, 9.17) is 4.74 Å². The van der Waals surface area contributed by atoms with Crippen molar-refractivity contribution in [2.24, 2.45) is 0 Å². The number of rotatable bonds is 7. The van der Waals surface area contributed by atoms with Crippen LogP contribution < -0.4 is 5.32 Å². The van der Waals surface area contributed by atoms with Crippen molar-refractivity contribution in [1.82, 2.24) is 10.2 Å². The van der Waals surface area contributed by atoms with Crippen LogP contribution >= 0.6 is 0 Å². The van der Waals surface area contributed by atoms with Crippen LogP contribution in [0.5, 0.6) is 0 Å². The third kappa shape index (κ3) is 5.21. The van der Waals surface area contributed by atoms with Gasteiger partial charge in [-0.1, -0.05) is 38.1 Å². The number of carbonyl (C=O) groups excluding carboxylic acids is 1. The molecule has 0 aromatic heterocycles. The van der Waals surface area contributed by atoms with Gasteiger partial charge in [-0.3, -0.25) is 0 Å². The molecule has 1 rings (SSSR count). The van der Waals surface area contributed by atoms with Crippen LogP contribution in [-0.4, -0.2) is 37.7 Å². The van der Waals surface area contributed by atoms with Gasteiger partial charge in [0.05, 0.1) is 6.10 Å². The number of nitrogens with one attached hydrogen (secondary N) is 1. The largest absolute Gasteiger partial charge is 0.380 e. The Kier molecular flexibility index (Phi) is 7.09. The number of nitrogens with zero attached hydrogens (tertiary/aromatic N) is 1. The molecule has 4 nitrogen and oxygen atoms in total. The smallest absolute Gasteiger partial charge is 0.317 e. The van der Waals surface area contributed by atoms with Crippen molar-refractivity contribution in [2.45, 2.75) is 39.3 Å². The Balaban J connectivity index is 2.44. The van der Waals surface area contributed by atoms with Gasteiger partial charge in [0.25, 0.3) is 0 Å². The van der Waals surface area contributed by atoms with Gasteiger partial charge in [0.15, 0.2) is 0 Å². The number of ether oxygens (including phenoxy) is 1. The summed E-state index contributed by atoms with van der Waals surface area (Å²) in [6, 6.07) is 8.30. The molecule has 0 spiro atoms. The molecule has 1 aromatic rings. The molecular formula is C16H26N2O2. The van der Waals surface area contributed by atoms with Crippen molar-refractivity contribution in [3.05, 3.63) is 35.4 Å². The second-order valence-corrected chi connectivity index (χ2v) is 4.98. The molecule has 0 radical (unpaired) electrons. The second kappa shape index (κ2) is 8.59. The summed E-state index contributed by atoms with van der Waals surface area (Å²) in [5, 5.41) is 2.89. The molecular weight excluding hydrogens is 252 g/mol. The predicted octanol–water partition coefficient (Wildman–Crippen LogP) is 2.82. The molecule has 0 heterocycles. The Hall–Kier alpha value is -1.55. The third-order valence-electron chi connectivity index (χ3n) is 3.47. The molecule has 0 aliphatic carbocycles. The van der Waals surface area contributed by atoms with Crippen molar-refractivity contribution < 1.29 is 9.53 Å². The minimum absolute atomic E-state index is 0.0694. The number of aryl methyl sites for hydroxylation is 1. The summed E-state index contributed by atoms with van der Waals surface area (Å²) in [5.74, 6) is 0. The summed E-state index contributed by atoms with van der Waals surface area (Å²) >= 11 is 0. The highest BCUT2D eigenvalue weighted by molar-refractivity contribution is 5.73. The maximum atomic E-state index is 12.0. The highest BCUT2D eigenvalue weighted by atomic mass is 16.5. The summed E-state index contributed by atoms with van der Waals surface area (Å²) < 4.78 is 5.24. The Morgan fingerprint density at radius 1 is 1.25 bits per heavy atom. The SMILES string of the molecule is CCc1ccc(CN(C)C(=O)NC[C@H](CC)OC)cc1. The zero-order chi connectivity index (χ0) is 15.0. The van der Waals surface area contributed by atoms with Crippen LogP contribution in [0.2, 0.25) is 0 Å². The fourth-order valence-electron chi connectivity index (χ4n) is 1.96. The Labute approximate surface area is 122 Å². The fraction of sp³-hybridized carbons (Fsp3) is 0.562. The van der Waals surface area contributed by atoms with Crippen molar-refractivity contribution in [2.75, 3.05) is 20.7 Å². The number of amides is 2. The van der Waals surface area contributed by atoms with E-state index in [0.717, 1.165) is 18.4 Å². The Morgan fingerprint density at radius 2 is 1.85 bits per heavy atom. The highest BCUT2D eigenvalue weighted by Crippen LogP contribution is 2.07. The van der Waals surface area contributed by atoms with E-state index in [9.17, 15) is 4.79 Å². The lowest BCUT2D eigenvalue weighted by atomic mass is 10.1. The number of benzene rings is 1. The number of urea groups is 1. The van der Waals surface area contributed by atoms with E-state index in [2.05, 4.69) is 36.5 Å². The monoisotopic (exact) mass is 278 g/mol. The van der Waals surface area contributed by atoms with Gasteiger partial charge in [0.1, 0.15) is 0 Å². The normalized spacial score (nSPS) is 12.0. The lowest BCUT2D eigenvalue weighted by molar-refractivity contribution is 0.0983. The van der Waals surface area contributed by atoms with Crippen molar-refractivity contribution in [3.63, 3.8) is 0 Å². The van der Waals surface area contributed by atoms with Gasteiger partial charge < -0.3 is 15.0 Å². The maximum Gasteiger partial charge on any atom is 0.317 e. The summed E-state index contributed by atoms with van der Waals surface area (Å²) in [5.41, 5.74) is 2.45. The molecule has 20 heavy (non-hydrogen) atoms. The van der Waals surface area contributed by atoms with Crippen molar-refractivity contribution in [3.8, 4) is 0 Å². The van der Waals surface area contributed by atoms with Crippen LogP contribution in [0, 0.1) is 0 Å². The molecule has 0 bridgehead atoms. The van der Waals surface area contributed by atoms with Gasteiger partial charge in [-0.2, -0.15) is 0 Å². The minimum Gasteiger partial charge on any atom is -0.380 e. The first-order chi connectivity index (χ1) is 9.60. The topological polar surface area (TPSA) is 41.6 Å². The first-order valence-corrected chi connectivity index (χ1v) is 7.20. The highest BCUT2D eigenvalue weighted by Gasteiger charge is 2.11. The summed E-state index contributed by atoms with van der Waals surface area (Å²) in [6.45, 7) is 5.33. The van der Waals surface area contributed by atoms with Gasteiger partial charge in [-0.15, -0.1) is 0 Å². The zero-order valence-corrected chi connectivity index (χ0v) is 13.0. The second-order valence-electron chi connectivity index (χ2n) is 4.98. The molecule has 0 aliphatic heterocycles. The van der Waals surface area contributed by atoms with E-state index >= 15 is 0 Å². The molecule has 112 valence electrons. The van der Waals surface area contributed by atoms with Crippen molar-refractivity contribution >= 4 is 6.03 Å². The summed E-state index contributed by atoms with van der Waals surface area (Å²) in [6.07, 6.45) is 2.00. The third-order valence-corrected chi connectivity index (χ3v) is 3.47. The van der Waals surface area contributed by atoms with E-state index in [-0.39, 0.29) is 12.1 Å². The maximum absolute atomic E-state index is 12.0. The average molecular weight is 278 g/mol. The average Bonchev–Trinajstić information content (AvgIpc) is 2.48. The van der Waals surface area contributed by atoms with Crippen LogP contribution in [0.4, 0.5) is 4.79 Å². The molecule has 0 unspecified atom stereocenters. The number of carbonyl (C=O) groups is 1. The van der Waals surface area contributed by atoms with E-state index in [0.29, 0.717) is 13.1 Å². The van der Waals surface area contributed by atoms with Gasteiger partial charge in [-0.25, -0.2) is 4.79 Å². The Bertz CT molecular complexity index is 399. The predicted molar refractivity (Wildman–Crippen MR) is 81.8 cm³/mol. The zero-order valence-electron chi connectivity index (χ0n) is 13.0. The van der Waals surface area contributed by atoms with Crippen LogP contribution in [0.3, 0.4) is 0 Å². The first-order valence-electron chi connectivity index (χ1n) is 7.20. The minimum atomic E-state index is -0.0694. The molecule has 0 saturated heterocycles. The van der Waals surface area contributed by atoms with Crippen LogP contribution in [-0.2, 0) is 17.7 Å². The lowest BCUT2D eigenvalue weighted by Crippen LogP contribution is -2.40. The van der Waals surface area contributed by atoms with E-state index in [1.165, 1.54) is 5.56 Å². The van der Waals surface area contributed by atoms with Gasteiger partial charge in [0, 0.05) is 27.2 Å². The number of hydrogen-bond acceptors (Lipinski definition) is 2. The van der Waals surface area contributed by atoms with Crippen molar-refractivity contribution in [1.29, 1.82) is 0 Å². The van der Waals surface area contributed by atoms with E-state index < -0.39 is 0 Å². The van der Waals surface area contributed by atoms with Crippen LogP contribution in [0.25, 0.3) is 0 Å². The molecule has 0 fully saturated rings. The standard InChI is InChI=1S/C16H26N2O2/c1-5-13-7-9-14(10-8-13)12-18(3)16(19)17-11-15(6-2)20-4/h7-10,15H,5-6,11-12H2,1-4H3,(H,17,19)/t15-/m0/s1. The lowest BCUT2D eigenvalue weighted by Gasteiger charge is -2.20. The molecule has 1 aromatic carbocycles. The fourth-order valence-corrected chi connectivity index (χ4v) is 1.96. The molecule has 1 atom stereocenters. The summed E-state index contributed by atoms with van der Waals surface area (Å²) in [7, 11) is 3.47. The van der Waals surface area contributed by atoms with Gasteiger partial charge in [0.2, 0.25) is 0 Å². The molecule has 0 aliphatic rings. The van der Waals surface area contributed by atoms with E-state index in [1.54, 1.807) is 19.1 Å².